The summed E-state index contributed by atoms with van der Waals surface area (Å²) in [5.74, 6) is 5.08. The minimum absolute atomic E-state index is 0.664. The van der Waals surface area contributed by atoms with Crippen LogP contribution in [0.4, 0.5) is 0 Å². The van der Waals surface area contributed by atoms with Crippen LogP contribution in [-0.2, 0) is 4.74 Å². The lowest BCUT2D eigenvalue weighted by Crippen LogP contribution is -2.46. The normalized spacial score (nSPS) is 51.8. The van der Waals surface area contributed by atoms with Gasteiger partial charge in [0.25, 0.3) is 0 Å². The molecule has 3 aliphatic carbocycles. The molecule has 2 heteroatoms. The van der Waals surface area contributed by atoms with Crippen LogP contribution in [0.1, 0.15) is 45.4 Å². The molecule has 1 saturated heterocycles. The van der Waals surface area contributed by atoms with E-state index in [-0.39, 0.29) is 0 Å². The molecule has 7 unspecified atom stereocenters. The molecule has 0 radical (unpaired) electrons. The third kappa shape index (κ3) is 1.76. The lowest BCUT2D eigenvalue weighted by Gasteiger charge is -2.35. The van der Waals surface area contributed by atoms with Crippen molar-refractivity contribution in [1.29, 1.82) is 0 Å². The number of ether oxygens (including phenoxy) is 1. The fourth-order valence-corrected chi connectivity index (χ4v) is 5.68. The van der Waals surface area contributed by atoms with Crippen LogP contribution in [-0.4, -0.2) is 25.3 Å². The van der Waals surface area contributed by atoms with E-state index in [2.05, 4.69) is 12.2 Å². The van der Waals surface area contributed by atoms with Crippen LogP contribution < -0.4 is 5.32 Å². The molecule has 0 spiro atoms. The highest BCUT2D eigenvalue weighted by Gasteiger charge is 2.53. The van der Waals surface area contributed by atoms with Gasteiger partial charge in [-0.1, -0.05) is 6.42 Å². The monoisotopic (exact) mass is 249 g/mol. The highest BCUT2D eigenvalue weighted by molar-refractivity contribution is 5.06. The van der Waals surface area contributed by atoms with Crippen molar-refractivity contribution in [3.63, 3.8) is 0 Å². The zero-order chi connectivity index (χ0) is 12.1. The minimum atomic E-state index is 0.664. The second kappa shape index (κ2) is 4.49. The highest BCUT2D eigenvalue weighted by Crippen LogP contribution is 2.58. The second-order valence-corrected chi connectivity index (χ2v) is 7.34. The molecule has 4 fully saturated rings. The SMILES string of the molecule is CC(NC1CC2CC1C1CCCC21)C1CCOC1. The molecule has 0 amide bonds. The average Bonchev–Trinajstić information content (AvgIpc) is 3.11. The zero-order valence-electron chi connectivity index (χ0n) is 11.6. The van der Waals surface area contributed by atoms with Gasteiger partial charge in [0.05, 0.1) is 6.61 Å². The van der Waals surface area contributed by atoms with E-state index in [0.29, 0.717) is 6.04 Å². The van der Waals surface area contributed by atoms with E-state index < -0.39 is 0 Å². The third-order valence-electron chi connectivity index (χ3n) is 6.58. The topological polar surface area (TPSA) is 21.3 Å². The second-order valence-electron chi connectivity index (χ2n) is 7.34. The van der Waals surface area contributed by atoms with Crippen molar-refractivity contribution in [3.05, 3.63) is 0 Å². The largest absolute Gasteiger partial charge is 0.381 e. The van der Waals surface area contributed by atoms with Gasteiger partial charge in [-0.2, -0.15) is 0 Å². The number of hydrogen-bond acceptors (Lipinski definition) is 2. The first-order valence-corrected chi connectivity index (χ1v) is 8.16. The van der Waals surface area contributed by atoms with Crippen molar-refractivity contribution in [1.82, 2.24) is 5.32 Å². The lowest BCUT2D eigenvalue weighted by atomic mass is 9.78. The van der Waals surface area contributed by atoms with Gasteiger partial charge in [0, 0.05) is 18.7 Å². The Morgan fingerprint density at radius 2 is 1.94 bits per heavy atom. The molecule has 2 bridgehead atoms. The summed E-state index contributed by atoms with van der Waals surface area (Å²) in [4.78, 5) is 0. The molecule has 0 aromatic heterocycles. The quantitative estimate of drug-likeness (QED) is 0.830. The maximum atomic E-state index is 5.53. The molecule has 1 aliphatic heterocycles. The van der Waals surface area contributed by atoms with Gasteiger partial charge in [0.1, 0.15) is 0 Å². The van der Waals surface area contributed by atoms with Crippen LogP contribution in [0.3, 0.4) is 0 Å². The lowest BCUT2D eigenvalue weighted by molar-refractivity contribution is 0.162. The number of fused-ring (bicyclic) bond motifs is 5. The molecule has 102 valence electrons. The Bertz CT molecular complexity index is 312. The Kier molecular flexibility index (Phi) is 2.92. The molecular formula is C16H27NO. The van der Waals surface area contributed by atoms with Gasteiger partial charge in [0.15, 0.2) is 0 Å². The van der Waals surface area contributed by atoms with E-state index in [0.717, 1.165) is 48.8 Å². The van der Waals surface area contributed by atoms with Gasteiger partial charge in [-0.3, -0.25) is 0 Å². The number of rotatable bonds is 3. The van der Waals surface area contributed by atoms with Crippen molar-refractivity contribution in [2.75, 3.05) is 13.2 Å². The summed E-state index contributed by atoms with van der Waals surface area (Å²) in [6.07, 6.45) is 8.88. The molecule has 2 nitrogen and oxygen atoms in total. The smallest absolute Gasteiger partial charge is 0.0509 e. The molecule has 3 saturated carbocycles. The van der Waals surface area contributed by atoms with Crippen molar-refractivity contribution in [3.8, 4) is 0 Å². The Labute approximate surface area is 111 Å². The van der Waals surface area contributed by atoms with Gasteiger partial charge in [0.2, 0.25) is 0 Å². The van der Waals surface area contributed by atoms with Crippen molar-refractivity contribution >= 4 is 0 Å². The maximum absolute atomic E-state index is 5.53. The molecule has 4 rings (SSSR count). The van der Waals surface area contributed by atoms with E-state index in [4.69, 9.17) is 4.74 Å². The van der Waals surface area contributed by atoms with Crippen LogP contribution in [0.2, 0.25) is 0 Å². The molecular weight excluding hydrogens is 222 g/mol. The minimum Gasteiger partial charge on any atom is -0.381 e. The van der Waals surface area contributed by atoms with E-state index in [1.165, 1.54) is 25.7 Å². The van der Waals surface area contributed by atoms with E-state index in [1.54, 1.807) is 12.8 Å². The summed E-state index contributed by atoms with van der Waals surface area (Å²) in [5, 5.41) is 3.98. The first-order valence-electron chi connectivity index (χ1n) is 8.16. The van der Waals surface area contributed by atoms with Gasteiger partial charge < -0.3 is 10.1 Å². The summed E-state index contributed by atoms with van der Waals surface area (Å²) < 4.78 is 5.53. The molecule has 0 aromatic rings. The zero-order valence-corrected chi connectivity index (χ0v) is 11.6. The van der Waals surface area contributed by atoms with Gasteiger partial charge in [-0.25, -0.2) is 0 Å². The van der Waals surface area contributed by atoms with Crippen molar-refractivity contribution in [2.24, 2.45) is 29.6 Å². The number of hydrogen-bond donors (Lipinski definition) is 1. The van der Waals surface area contributed by atoms with Crippen LogP contribution in [0.15, 0.2) is 0 Å². The fraction of sp³-hybridized carbons (Fsp3) is 1.00. The summed E-state index contributed by atoms with van der Waals surface area (Å²) in [7, 11) is 0. The highest BCUT2D eigenvalue weighted by atomic mass is 16.5. The number of nitrogens with one attached hydrogen (secondary N) is 1. The predicted molar refractivity (Wildman–Crippen MR) is 72.4 cm³/mol. The summed E-state index contributed by atoms with van der Waals surface area (Å²) >= 11 is 0. The molecule has 7 atom stereocenters. The van der Waals surface area contributed by atoms with Crippen LogP contribution >= 0.6 is 0 Å². The third-order valence-corrected chi connectivity index (χ3v) is 6.58. The fourth-order valence-electron chi connectivity index (χ4n) is 5.68. The van der Waals surface area contributed by atoms with Gasteiger partial charge in [-0.15, -0.1) is 0 Å². The maximum Gasteiger partial charge on any atom is 0.0509 e. The Hall–Kier alpha value is -0.0800. The van der Waals surface area contributed by atoms with Crippen LogP contribution in [0.5, 0.6) is 0 Å². The molecule has 0 aromatic carbocycles. The molecule has 4 aliphatic rings. The molecule has 1 N–H and O–H groups in total. The van der Waals surface area contributed by atoms with Gasteiger partial charge in [-0.05, 0) is 68.6 Å². The summed E-state index contributed by atoms with van der Waals surface area (Å²) in [5.41, 5.74) is 0. The van der Waals surface area contributed by atoms with Gasteiger partial charge >= 0.3 is 0 Å². The Balaban J connectivity index is 1.39. The standard InChI is InChI=1S/C16H27NO/c1-10(11-5-6-18-9-11)17-16-8-12-7-15(16)14-4-2-3-13(12)14/h10-17H,2-9H2,1H3. The summed E-state index contributed by atoms with van der Waals surface area (Å²) in [6, 6.07) is 1.50. The van der Waals surface area contributed by atoms with Crippen molar-refractivity contribution in [2.45, 2.75) is 57.5 Å². The Morgan fingerprint density at radius 3 is 2.78 bits per heavy atom. The van der Waals surface area contributed by atoms with Crippen LogP contribution in [0.25, 0.3) is 0 Å². The predicted octanol–water partition coefficient (Wildman–Crippen LogP) is 2.83. The summed E-state index contributed by atoms with van der Waals surface area (Å²) in [6.45, 7) is 4.36. The van der Waals surface area contributed by atoms with Crippen molar-refractivity contribution < 1.29 is 4.74 Å². The first kappa shape index (κ1) is 11.7. The van der Waals surface area contributed by atoms with E-state index >= 15 is 0 Å². The molecule has 1 heterocycles. The Morgan fingerprint density at radius 1 is 1.06 bits per heavy atom. The van der Waals surface area contributed by atoms with Crippen LogP contribution in [0, 0.1) is 29.6 Å². The van der Waals surface area contributed by atoms with E-state index in [1.807, 2.05) is 0 Å². The first-order chi connectivity index (χ1) is 8.83. The average molecular weight is 249 g/mol. The van der Waals surface area contributed by atoms with E-state index in [9.17, 15) is 0 Å². The molecule has 18 heavy (non-hydrogen) atoms.